The lowest BCUT2D eigenvalue weighted by molar-refractivity contribution is 0.522. The molecule has 0 saturated heterocycles. The van der Waals surface area contributed by atoms with Gasteiger partial charge in [0.05, 0.1) is 0 Å². The summed E-state index contributed by atoms with van der Waals surface area (Å²) in [6.45, 7) is 5.27. The van der Waals surface area contributed by atoms with Crippen LogP contribution in [-0.4, -0.2) is 17.4 Å². The average molecular weight is 227 g/mol. The van der Waals surface area contributed by atoms with Gasteiger partial charge < -0.3 is 5.32 Å². The zero-order valence-corrected chi connectivity index (χ0v) is 10.2. The first kappa shape index (κ1) is 12.3. The molecular formula is C12H19ClN2. The molecule has 0 saturated carbocycles. The molecule has 0 aliphatic rings. The lowest BCUT2D eigenvalue weighted by Crippen LogP contribution is -2.14. The largest absolute Gasteiger partial charge is 0.384 e. The predicted octanol–water partition coefficient (Wildman–Crippen LogP) is 3.46. The number of nitrogens with one attached hydrogen (secondary N) is 1. The topological polar surface area (TPSA) is 24.9 Å². The minimum absolute atomic E-state index is 0.662. The van der Waals surface area contributed by atoms with E-state index < -0.39 is 0 Å². The summed E-state index contributed by atoms with van der Waals surface area (Å²) in [6, 6.07) is 2.02. The fourth-order valence-electron chi connectivity index (χ4n) is 1.53. The van der Waals surface area contributed by atoms with Crippen LogP contribution < -0.4 is 5.32 Å². The number of pyridine rings is 1. The lowest BCUT2D eigenvalue weighted by Gasteiger charge is -2.16. The summed E-state index contributed by atoms with van der Waals surface area (Å²) in [7, 11) is 0. The van der Waals surface area contributed by atoms with Crippen LogP contribution in [0.15, 0.2) is 18.5 Å². The van der Waals surface area contributed by atoms with Crippen LogP contribution >= 0.6 is 11.6 Å². The summed E-state index contributed by atoms with van der Waals surface area (Å²) in [5, 5.41) is 3.45. The zero-order valence-electron chi connectivity index (χ0n) is 9.46. The molecule has 1 aromatic rings. The Morgan fingerprint density at radius 3 is 2.93 bits per heavy atom. The minimum Gasteiger partial charge on any atom is -0.384 e. The number of halogens is 1. The number of aryl methyl sites for hydroxylation is 1. The molecule has 3 heteroatoms. The van der Waals surface area contributed by atoms with Crippen molar-refractivity contribution in [2.75, 3.05) is 17.7 Å². The maximum atomic E-state index is 5.75. The number of alkyl halides is 1. The Kier molecular flexibility index (Phi) is 5.48. The van der Waals surface area contributed by atoms with Crippen molar-refractivity contribution in [2.45, 2.75) is 26.7 Å². The Morgan fingerprint density at radius 1 is 1.53 bits per heavy atom. The van der Waals surface area contributed by atoms with Crippen LogP contribution in [0.1, 0.15) is 25.3 Å². The van der Waals surface area contributed by atoms with Crippen LogP contribution in [0.2, 0.25) is 0 Å². The van der Waals surface area contributed by atoms with Gasteiger partial charge in [-0.2, -0.15) is 0 Å². The molecular weight excluding hydrogens is 208 g/mol. The SMILES string of the molecule is CCC(CCCl)CNc1ccncc1C. The third-order valence-corrected chi connectivity index (χ3v) is 2.91. The summed E-state index contributed by atoms with van der Waals surface area (Å²) in [6.07, 6.45) is 5.95. The first-order valence-corrected chi connectivity index (χ1v) is 6.01. The van der Waals surface area contributed by atoms with Crippen molar-refractivity contribution in [3.63, 3.8) is 0 Å². The minimum atomic E-state index is 0.662. The van der Waals surface area contributed by atoms with Crippen molar-refractivity contribution in [3.8, 4) is 0 Å². The molecule has 0 aliphatic carbocycles. The Morgan fingerprint density at radius 2 is 2.33 bits per heavy atom. The molecule has 15 heavy (non-hydrogen) atoms. The van der Waals surface area contributed by atoms with E-state index in [1.54, 1.807) is 0 Å². The number of nitrogens with zero attached hydrogens (tertiary/aromatic N) is 1. The molecule has 0 radical (unpaired) electrons. The summed E-state index contributed by atoms with van der Waals surface area (Å²) in [4.78, 5) is 4.07. The van der Waals surface area contributed by atoms with Gasteiger partial charge in [-0.1, -0.05) is 13.3 Å². The van der Waals surface area contributed by atoms with Crippen molar-refractivity contribution in [2.24, 2.45) is 5.92 Å². The summed E-state index contributed by atoms with van der Waals surface area (Å²) in [5.74, 6) is 1.41. The van der Waals surface area contributed by atoms with E-state index in [2.05, 4.69) is 24.1 Å². The van der Waals surface area contributed by atoms with E-state index in [0.717, 1.165) is 18.8 Å². The number of anilines is 1. The summed E-state index contributed by atoms with van der Waals surface area (Å²) < 4.78 is 0. The lowest BCUT2D eigenvalue weighted by atomic mass is 10.0. The second-order valence-corrected chi connectivity index (χ2v) is 4.20. The van der Waals surface area contributed by atoms with E-state index in [0.29, 0.717) is 5.92 Å². The van der Waals surface area contributed by atoms with Crippen LogP contribution in [0.4, 0.5) is 5.69 Å². The fourth-order valence-corrected chi connectivity index (χ4v) is 1.84. The molecule has 1 atom stereocenters. The van der Waals surface area contributed by atoms with Crippen LogP contribution in [0.3, 0.4) is 0 Å². The molecule has 1 heterocycles. The van der Waals surface area contributed by atoms with Crippen molar-refractivity contribution in [1.29, 1.82) is 0 Å². The number of aromatic nitrogens is 1. The molecule has 1 unspecified atom stereocenters. The molecule has 0 aliphatic heterocycles. The van der Waals surface area contributed by atoms with Crippen molar-refractivity contribution in [3.05, 3.63) is 24.0 Å². The Bertz CT molecular complexity index is 289. The van der Waals surface area contributed by atoms with Crippen molar-refractivity contribution in [1.82, 2.24) is 4.98 Å². The first-order valence-electron chi connectivity index (χ1n) is 5.48. The van der Waals surface area contributed by atoms with Gasteiger partial charge in [-0.05, 0) is 30.9 Å². The van der Waals surface area contributed by atoms with Gasteiger partial charge in [0.1, 0.15) is 0 Å². The van der Waals surface area contributed by atoms with E-state index in [4.69, 9.17) is 11.6 Å². The maximum Gasteiger partial charge on any atom is 0.0400 e. The Hall–Kier alpha value is -0.760. The molecule has 0 bridgehead atoms. The molecule has 84 valence electrons. The molecule has 0 amide bonds. The van der Waals surface area contributed by atoms with Crippen molar-refractivity contribution >= 4 is 17.3 Å². The van der Waals surface area contributed by atoms with Crippen LogP contribution in [0.25, 0.3) is 0 Å². The van der Waals surface area contributed by atoms with E-state index in [9.17, 15) is 0 Å². The van der Waals surface area contributed by atoms with Crippen LogP contribution in [-0.2, 0) is 0 Å². The molecule has 0 aromatic carbocycles. The van der Waals surface area contributed by atoms with Gasteiger partial charge >= 0.3 is 0 Å². The van der Waals surface area contributed by atoms with Gasteiger partial charge in [-0.15, -0.1) is 11.6 Å². The highest BCUT2D eigenvalue weighted by atomic mass is 35.5. The quantitative estimate of drug-likeness (QED) is 0.752. The third kappa shape index (κ3) is 4.08. The molecule has 1 aromatic heterocycles. The Balaban J connectivity index is 2.45. The standard InChI is InChI=1S/C12H19ClN2/c1-3-11(4-6-13)9-15-12-5-7-14-8-10(12)2/h5,7-8,11H,3-4,6,9H2,1-2H3,(H,14,15). The van der Waals surface area contributed by atoms with Gasteiger partial charge in [0.2, 0.25) is 0 Å². The predicted molar refractivity (Wildman–Crippen MR) is 66.6 cm³/mol. The maximum absolute atomic E-state index is 5.75. The third-order valence-electron chi connectivity index (χ3n) is 2.70. The molecule has 1 N–H and O–H groups in total. The van der Waals surface area contributed by atoms with E-state index in [1.807, 2.05) is 18.5 Å². The highest BCUT2D eigenvalue weighted by Gasteiger charge is 2.05. The van der Waals surface area contributed by atoms with E-state index in [1.165, 1.54) is 17.7 Å². The monoisotopic (exact) mass is 226 g/mol. The van der Waals surface area contributed by atoms with Crippen LogP contribution in [0, 0.1) is 12.8 Å². The van der Waals surface area contributed by atoms with E-state index >= 15 is 0 Å². The second kappa shape index (κ2) is 6.67. The summed E-state index contributed by atoms with van der Waals surface area (Å²) in [5.41, 5.74) is 2.37. The van der Waals surface area contributed by atoms with Gasteiger partial charge in [0, 0.05) is 30.5 Å². The number of hydrogen-bond donors (Lipinski definition) is 1. The number of hydrogen-bond acceptors (Lipinski definition) is 2. The molecule has 1 rings (SSSR count). The van der Waals surface area contributed by atoms with E-state index in [-0.39, 0.29) is 0 Å². The van der Waals surface area contributed by atoms with Crippen LogP contribution in [0.5, 0.6) is 0 Å². The second-order valence-electron chi connectivity index (χ2n) is 3.82. The number of rotatable bonds is 6. The van der Waals surface area contributed by atoms with Gasteiger partial charge in [-0.3, -0.25) is 4.98 Å². The highest BCUT2D eigenvalue weighted by Crippen LogP contribution is 2.15. The fraction of sp³-hybridized carbons (Fsp3) is 0.583. The smallest absolute Gasteiger partial charge is 0.0400 e. The molecule has 0 spiro atoms. The zero-order chi connectivity index (χ0) is 11.1. The molecule has 0 fully saturated rings. The molecule has 2 nitrogen and oxygen atoms in total. The van der Waals surface area contributed by atoms with Crippen molar-refractivity contribution < 1.29 is 0 Å². The van der Waals surface area contributed by atoms with Gasteiger partial charge in [0.25, 0.3) is 0 Å². The first-order chi connectivity index (χ1) is 7.27. The van der Waals surface area contributed by atoms with Gasteiger partial charge in [0.15, 0.2) is 0 Å². The Labute approximate surface area is 97.1 Å². The highest BCUT2D eigenvalue weighted by molar-refractivity contribution is 6.17. The summed E-state index contributed by atoms with van der Waals surface area (Å²) >= 11 is 5.75. The van der Waals surface area contributed by atoms with Gasteiger partial charge in [-0.25, -0.2) is 0 Å². The normalized spacial score (nSPS) is 12.5. The average Bonchev–Trinajstić information content (AvgIpc) is 2.26.